The molecule has 0 amide bonds. The van der Waals surface area contributed by atoms with E-state index in [4.69, 9.17) is 0 Å². The monoisotopic (exact) mass is 118 g/mol. The first-order valence-corrected chi connectivity index (χ1v) is 2.82. The van der Waals surface area contributed by atoms with Crippen molar-refractivity contribution in [1.82, 2.24) is 4.98 Å². The van der Waals surface area contributed by atoms with Crippen molar-refractivity contribution in [2.75, 3.05) is 0 Å². The maximum Gasteiger partial charge on any atom is 0.0303 e. The Morgan fingerprint density at radius 3 is 3.11 bits per heavy atom. The first-order chi connectivity index (χ1) is 4.43. The van der Waals surface area contributed by atoms with E-state index < -0.39 is 0 Å². The van der Waals surface area contributed by atoms with Gasteiger partial charge in [0.25, 0.3) is 0 Å². The van der Waals surface area contributed by atoms with Crippen LogP contribution in [0.3, 0.4) is 0 Å². The number of rotatable bonds is 2. The van der Waals surface area contributed by atoms with Gasteiger partial charge in [0.1, 0.15) is 0 Å². The lowest BCUT2D eigenvalue weighted by Gasteiger charge is -1.89. The van der Waals surface area contributed by atoms with Gasteiger partial charge in [-0.2, -0.15) is 0 Å². The molecule has 1 rings (SSSR count). The smallest absolute Gasteiger partial charge is 0.0303 e. The number of pyridine rings is 1. The molecule has 45 valence electrons. The second kappa shape index (κ2) is 3.02. The van der Waals surface area contributed by atoms with E-state index in [2.05, 4.69) is 17.6 Å². The van der Waals surface area contributed by atoms with Gasteiger partial charge < -0.3 is 0 Å². The number of allylic oxidation sites excluding steroid dienone is 1. The average molecular weight is 118 g/mol. The van der Waals surface area contributed by atoms with Crippen LogP contribution in [0.1, 0.15) is 5.56 Å². The molecular formula is C8H8N. The summed E-state index contributed by atoms with van der Waals surface area (Å²) in [4.78, 5) is 3.94. The quantitative estimate of drug-likeness (QED) is 0.575. The summed E-state index contributed by atoms with van der Waals surface area (Å²) in [6.07, 6.45) is 7.15. The van der Waals surface area contributed by atoms with Crippen molar-refractivity contribution in [3.63, 3.8) is 0 Å². The molecule has 1 nitrogen and oxygen atoms in total. The van der Waals surface area contributed by atoms with Crippen LogP contribution in [0.25, 0.3) is 0 Å². The van der Waals surface area contributed by atoms with Gasteiger partial charge >= 0.3 is 0 Å². The number of aromatic nitrogens is 1. The molecule has 1 heteroatoms. The topological polar surface area (TPSA) is 12.9 Å². The Balaban J connectivity index is 2.72. The molecule has 0 atom stereocenters. The first-order valence-electron chi connectivity index (χ1n) is 2.82. The number of nitrogens with zero attached hydrogens (tertiary/aromatic N) is 1. The summed E-state index contributed by atoms with van der Waals surface area (Å²) >= 11 is 0. The highest BCUT2D eigenvalue weighted by Gasteiger charge is 1.83. The maximum absolute atomic E-state index is 3.94. The maximum atomic E-state index is 3.94. The molecule has 1 aromatic heterocycles. The highest BCUT2D eigenvalue weighted by atomic mass is 14.6. The van der Waals surface area contributed by atoms with Gasteiger partial charge in [0.15, 0.2) is 0 Å². The summed E-state index contributed by atoms with van der Waals surface area (Å²) < 4.78 is 0. The SMILES string of the molecule is C=[C]Cc1cccnc1. The highest BCUT2D eigenvalue weighted by Crippen LogP contribution is 1.95. The molecule has 1 radical (unpaired) electrons. The van der Waals surface area contributed by atoms with Crippen LogP contribution in [0.4, 0.5) is 0 Å². The lowest BCUT2D eigenvalue weighted by atomic mass is 10.2. The fourth-order valence-electron chi connectivity index (χ4n) is 0.647. The summed E-state index contributed by atoms with van der Waals surface area (Å²) in [6.45, 7) is 3.50. The van der Waals surface area contributed by atoms with Gasteiger partial charge in [-0.25, -0.2) is 0 Å². The lowest BCUT2D eigenvalue weighted by molar-refractivity contribution is 1.17. The number of hydrogen-bond donors (Lipinski definition) is 0. The molecule has 0 aliphatic heterocycles. The van der Waals surface area contributed by atoms with Gasteiger partial charge in [0, 0.05) is 12.4 Å². The Morgan fingerprint density at radius 2 is 2.56 bits per heavy atom. The largest absolute Gasteiger partial charge is 0.264 e. The van der Waals surface area contributed by atoms with Gasteiger partial charge in [-0.3, -0.25) is 4.98 Å². The van der Waals surface area contributed by atoms with Crippen molar-refractivity contribution in [3.05, 3.63) is 42.7 Å². The van der Waals surface area contributed by atoms with Crippen molar-refractivity contribution in [3.8, 4) is 0 Å². The Hall–Kier alpha value is -1.11. The van der Waals surface area contributed by atoms with Gasteiger partial charge in [0.2, 0.25) is 0 Å². The molecule has 0 spiro atoms. The van der Waals surface area contributed by atoms with Crippen LogP contribution < -0.4 is 0 Å². The predicted octanol–water partition coefficient (Wildman–Crippen LogP) is 1.61. The van der Waals surface area contributed by atoms with Crippen LogP contribution in [0.2, 0.25) is 0 Å². The fraction of sp³-hybridized carbons (Fsp3) is 0.125. The molecule has 0 saturated heterocycles. The minimum Gasteiger partial charge on any atom is -0.264 e. The van der Waals surface area contributed by atoms with Crippen LogP contribution in [0, 0.1) is 6.08 Å². The molecule has 0 saturated carbocycles. The predicted molar refractivity (Wildman–Crippen MR) is 36.8 cm³/mol. The van der Waals surface area contributed by atoms with Crippen molar-refractivity contribution in [1.29, 1.82) is 0 Å². The van der Waals surface area contributed by atoms with Crippen LogP contribution in [0.5, 0.6) is 0 Å². The fourth-order valence-corrected chi connectivity index (χ4v) is 0.647. The second-order valence-corrected chi connectivity index (χ2v) is 1.79. The van der Waals surface area contributed by atoms with Crippen molar-refractivity contribution in [2.45, 2.75) is 6.42 Å². The summed E-state index contributed by atoms with van der Waals surface area (Å²) in [5.74, 6) is 0. The van der Waals surface area contributed by atoms with Gasteiger partial charge in [-0.05, 0) is 24.1 Å². The zero-order valence-electron chi connectivity index (χ0n) is 5.17. The highest BCUT2D eigenvalue weighted by molar-refractivity contribution is 5.09. The van der Waals surface area contributed by atoms with E-state index in [1.165, 1.54) is 0 Å². The molecule has 0 N–H and O–H groups in total. The third kappa shape index (κ3) is 1.68. The third-order valence-electron chi connectivity index (χ3n) is 1.05. The standard InChI is InChI=1S/C8H8N/c1-2-4-8-5-3-6-9-7-8/h3,5-7H,1,4H2. The average Bonchev–Trinajstić information content (AvgIpc) is 1.91. The lowest BCUT2D eigenvalue weighted by Crippen LogP contribution is -1.79. The molecule has 0 bridgehead atoms. The third-order valence-corrected chi connectivity index (χ3v) is 1.05. The molecule has 1 aromatic rings. The van der Waals surface area contributed by atoms with E-state index in [1.807, 2.05) is 18.3 Å². The summed E-state index contributed by atoms with van der Waals surface area (Å²) in [7, 11) is 0. The summed E-state index contributed by atoms with van der Waals surface area (Å²) in [5.41, 5.74) is 1.16. The van der Waals surface area contributed by atoms with E-state index in [9.17, 15) is 0 Å². The Morgan fingerprint density at radius 1 is 1.67 bits per heavy atom. The van der Waals surface area contributed by atoms with E-state index in [0.29, 0.717) is 0 Å². The zero-order chi connectivity index (χ0) is 6.53. The molecular weight excluding hydrogens is 110 g/mol. The molecule has 1 heterocycles. The van der Waals surface area contributed by atoms with E-state index in [1.54, 1.807) is 6.20 Å². The van der Waals surface area contributed by atoms with Crippen molar-refractivity contribution < 1.29 is 0 Å². The normalized spacial score (nSPS) is 8.89. The van der Waals surface area contributed by atoms with Crippen LogP contribution in [-0.2, 0) is 6.42 Å². The molecule has 0 aliphatic carbocycles. The number of hydrogen-bond acceptors (Lipinski definition) is 1. The van der Waals surface area contributed by atoms with Crippen molar-refractivity contribution >= 4 is 0 Å². The first kappa shape index (κ1) is 6.02. The van der Waals surface area contributed by atoms with Crippen LogP contribution in [0.15, 0.2) is 31.1 Å². The Bertz CT molecular complexity index is 179. The Labute approximate surface area is 55.1 Å². The summed E-state index contributed by atoms with van der Waals surface area (Å²) in [5, 5.41) is 0. The molecule has 0 unspecified atom stereocenters. The van der Waals surface area contributed by atoms with E-state index in [0.717, 1.165) is 12.0 Å². The van der Waals surface area contributed by atoms with Gasteiger partial charge in [-0.15, -0.1) is 0 Å². The molecule has 0 aliphatic rings. The van der Waals surface area contributed by atoms with Gasteiger partial charge in [-0.1, -0.05) is 12.6 Å². The Kier molecular flexibility index (Phi) is 2.02. The molecule has 9 heavy (non-hydrogen) atoms. The molecule has 0 aromatic carbocycles. The minimum atomic E-state index is 0.786. The second-order valence-electron chi connectivity index (χ2n) is 1.79. The zero-order valence-corrected chi connectivity index (χ0v) is 5.17. The van der Waals surface area contributed by atoms with Crippen LogP contribution in [-0.4, -0.2) is 4.98 Å². The van der Waals surface area contributed by atoms with E-state index in [-0.39, 0.29) is 0 Å². The summed E-state index contributed by atoms with van der Waals surface area (Å²) in [6, 6.07) is 3.91. The van der Waals surface area contributed by atoms with Gasteiger partial charge in [0.05, 0.1) is 0 Å². The van der Waals surface area contributed by atoms with E-state index >= 15 is 0 Å². The molecule has 0 fully saturated rings. The van der Waals surface area contributed by atoms with Crippen molar-refractivity contribution in [2.24, 2.45) is 0 Å². The van der Waals surface area contributed by atoms with Crippen LogP contribution >= 0.6 is 0 Å². The minimum absolute atomic E-state index is 0.786.